The SMILES string of the molecule is C=CCN(Cc1ccccc1)C(=O)c1cc2ccccc2o1. The zero-order valence-electron chi connectivity index (χ0n) is 12.2. The van der Waals surface area contributed by atoms with Crippen molar-refractivity contribution in [3.8, 4) is 0 Å². The molecule has 0 saturated heterocycles. The van der Waals surface area contributed by atoms with Crippen molar-refractivity contribution in [2.45, 2.75) is 6.54 Å². The molecule has 110 valence electrons. The Bertz CT molecular complexity index is 756. The number of furan rings is 1. The fourth-order valence-electron chi connectivity index (χ4n) is 2.42. The Morgan fingerprint density at radius 1 is 1.09 bits per heavy atom. The van der Waals surface area contributed by atoms with Crippen molar-refractivity contribution in [3.63, 3.8) is 0 Å². The summed E-state index contributed by atoms with van der Waals surface area (Å²) in [5.41, 5.74) is 1.80. The van der Waals surface area contributed by atoms with Crippen LogP contribution >= 0.6 is 0 Å². The van der Waals surface area contributed by atoms with Crippen molar-refractivity contribution in [1.82, 2.24) is 4.90 Å². The highest BCUT2D eigenvalue weighted by Gasteiger charge is 2.19. The summed E-state index contributed by atoms with van der Waals surface area (Å²) in [6, 6.07) is 19.3. The minimum Gasteiger partial charge on any atom is -0.451 e. The lowest BCUT2D eigenvalue weighted by molar-refractivity contribution is 0.0733. The lowest BCUT2D eigenvalue weighted by Gasteiger charge is -2.20. The third-order valence-electron chi connectivity index (χ3n) is 3.49. The summed E-state index contributed by atoms with van der Waals surface area (Å²) in [5, 5.41) is 0.934. The van der Waals surface area contributed by atoms with E-state index >= 15 is 0 Å². The Hall–Kier alpha value is -2.81. The van der Waals surface area contributed by atoms with Crippen molar-refractivity contribution >= 4 is 16.9 Å². The Balaban J connectivity index is 1.87. The van der Waals surface area contributed by atoms with Gasteiger partial charge in [-0.2, -0.15) is 0 Å². The molecular weight excluding hydrogens is 274 g/mol. The van der Waals surface area contributed by atoms with E-state index in [4.69, 9.17) is 4.42 Å². The van der Waals surface area contributed by atoms with E-state index in [1.165, 1.54) is 0 Å². The highest BCUT2D eigenvalue weighted by molar-refractivity contribution is 5.96. The first-order valence-electron chi connectivity index (χ1n) is 7.20. The number of carbonyl (C=O) groups is 1. The molecule has 0 spiro atoms. The summed E-state index contributed by atoms with van der Waals surface area (Å²) in [6.07, 6.45) is 1.73. The van der Waals surface area contributed by atoms with Crippen LogP contribution in [-0.4, -0.2) is 17.4 Å². The number of carbonyl (C=O) groups excluding carboxylic acids is 1. The molecule has 0 N–H and O–H groups in total. The van der Waals surface area contributed by atoms with Gasteiger partial charge in [0.05, 0.1) is 0 Å². The van der Waals surface area contributed by atoms with Gasteiger partial charge in [-0.1, -0.05) is 54.6 Å². The molecule has 0 aliphatic heterocycles. The van der Waals surface area contributed by atoms with Gasteiger partial charge in [-0.15, -0.1) is 6.58 Å². The molecule has 0 bridgehead atoms. The molecule has 1 heterocycles. The molecule has 0 aliphatic carbocycles. The number of benzene rings is 2. The van der Waals surface area contributed by atoms with Gasteiger partial charge in [0, 0.05) is 18.5 Å². The van der Waals surface area contributed by atoms with Crippen LogP contribution in [0.2, 0.25) is 0 Å². The summed E-state index contributed by atoms with van der Waals surface area (Å²) < 4.78 is 5.67. The van der Waals surface area contributed by atoms with E-state index < -0.39 is 0 Å². The molecule has 0 saturated carbocycles. The molecule has 0 atom stereocenters. The van der Waals surface area contributed by atoms with Crippen LogP contribution in [0.3, 0.4) is 0 Å². The van der Waals surface area contributed by atoms with Crippen LogP contribution in [0.25, 0.3) is 11.0 Å². The molecule has 2 aromatic carbocycles. The van der Waals surface area contributed by atoms with Crippen LogP contribution in [-0.2, 0) is 6.54 Å². The maximum Gasteiger partial charge on any atom is 0.290 e. The molecule has 3 aromatic rings. The molecule has 22 heavy (non-hydrogen) atoms. The van der Waals surface area contributed by atoms with Crippen molar-refractivity contribution in [3.05, 3.63) is 84.6 Å². The monoisotopic (exact) mass is 291 g/mol. The van der Waals surface area contributed by atoms with Gasteiger partial charge in [0.25, 0.3) is 5.91 Å². The summed E-state index contributed by atoms with van der Waals surface area (Å²) in [7, 11) is 0. The second-order valence-electron chi connectivity index (χ2n) is 5.11. The number of hydrogen-bond acceptors (Lipinski definition) is 2. The molecule has 3 rings (SSSR count). The van der Waals surface area contributed by atoms with Gasteiger partial charge < -0.3 is 9.32 Å². The predicted octanol–water partition coefficient (Wildman–Crippen LogP) is 4.26. The van der Waals surface area contributed by atoms with Gasteiger partial charge in [0.15, 0.2) is 5.76 Å². The number of amides is 1. The fourth-order valence-corrected chi connectivity index (χ4v) is 2.42. The first kappa shape index (κ1) is 14.1. The third-order valence-corrected chi connectivity index (χ3v) is 3.49. The van der Waals surface area contributed by atoms with Crippen molar-refractivity contribution < 1.29 is 9.21 Å². The second-order valence-corrected chi connectivity index (χ2v) is 5.11. The van der Waals surface area contributed by atoms with E-state index in [1.807, 2.05) is 54.6 Å². The second kappa shape index (κ2) is 6.31. The third kappa shape index (κ3) is 2.93. The molecule has 1 aromatic heterocycles. The van der Waals surface area contributed by atoms with Crippen LogP contribution in [0.5, 0.6) is 0 Å². The predicted molar refractivity (Wildman–Crippen MR) is 87.6 cm³/mol. The van der Waals surface area contributed by atoms with Gasteiger partial charge in [-0.25, -0.2) is 0 Å². The molecule has 0 fully saturated rings. The van der Waals surface area contributed by atoms with Gasteiger partial charge in [-0.05, 0) is 17.7 Å². The van der Waals surface area contributed by atoms with Crippen molar-refractivity contribution in [1.29, 1.82) is 0 Å². The lowest BCUT2D eigenvalue weighted by Crippen LogP contribution is -2.30. The van der Waals surface area contributed by atoms with Gasteiger partial charge >= 0.3 is 0 Å². The van der Waals surface area contributed by atoms with E-state index in [9.17, 15) is 4.79 Å². The van der Waals surface area contributed by atoms with E-state index in [0.717, 1.165) is 16.5 Å². The maximum atomic E-state index is 12.7. The van der Waals surface area contributed by atoms with E-state index in [1.54, 1.807) is 17.0 Å². The van der Waals surface area contributed by atoms with Crippen LogP contribution in [0.15, 0.2) is 77.7 Å². The molecule has 0 radical (unpaired) electrons. The Labute approximate surface area is 129 Å². The maximum absolute atomic E-state index is 12.7. The fraction of sp³-hybridized carbons (Fsp3) is 0.105. The summed E-state index contributed by atoms with van der Waals surface area (Å²) in [4.78, 5) is 14.4. The van der Waals surface area contributed by atoms with Gasteiger partial charge in [0.1, 0.15) is 5.58 Å². The first-order chi connectivity index (χ1) is 10.8. The summed E-state index contributed by atoms with van der Waals surface area (Å²) in [6.45, 7) is 4.74. The Morgan fingerprint density at radius 2 is 1.82 bits per heavy atom. The summed E-state index contributed by atoms with van der Waals surface area (Å²) >= 11 is 0. The van der Waals surface area contributed by atoms with E-state index in [2.05, 4.69) is 6.58 Å². The zero-order chi connectivity index (χ0) is 15.4. The first-order valence-corrected chi connectivity index (χ1v) is 7.20. The highest BCUT2D eigenvalue weighted by Crippen LogP contribution is 2.20. The lowest BCUT2D eigenvalue weighted by atomic mass is 10.2. The van der Waals surface area contributed by atoms with Crippen LogP contribution in [0, 0.1) is 0 Å². The quantitative estimate of drug-likeness (QED) is 0.658. The molecule has 3 nitrogen and oxygen atoms in total. The Kier molecular flexibility index (Phi) is 4.05. The number of fused-ring (bicyclic) bond motifs is 1. The largest absolute Gasteiger partial charge is 0.451 e. The number of rotatable bonds is 5. The average Bonchev–Trinajstić information content (AvgIpc) is 2.99. The zero-order valence-corrected chi connectivity index (χ0v) is 12.2. The summed E-state index contributed by atoms with van der Waals surface area (Å²) in [5.74, 6) is 0.235. The average molecular weight is 291 g/mol. The number of para-hydroxylation sites is 1. The van der Waals surface area contributed by atoms with Crippen LogP contribution in [0.1, 0.15) is 16.1 Å². The molecule has 1 amide bonds. The van der Waals surface area contributed by atoms with Gasteiger partial charge in [-0.3, -0.25) is 4.79 Å². The van der Waals surface area contributed by atoms with Crippen LogP contribution < -0.4 is 0 Å². The van der Waals surface area contributed by atoms with E-state index in [0.29, 0.717) is 18.8 Å². The Morgan fingerprint density at radius 3 is 2.55 bits per heavy atom. The molecule has 0 unspecified atom stereocenters. The number of nitrogens with zero attached hydrogens (tertiary/aromatic N) is 1. The van der Waals surface area contributed by atoms with Crippen molar-refractivity contribution in [2.24, 2.45) is 0 Å². The van der Waals surface area contributed by atoms with Crippen molar-refractivity contribution in [2.75, 3.05) is 6.54 Å². The minimum absolute atomic E-state index is 0.125. The van der Waals surface area contributed by atoms with Gasteiger partial charge in [0.2, 0.25) is 0 Å². The molecule has 0 aliphatic rings. The highest BCUT2D eigenvalue weighted by atomic mass is 16.3. The number of hydrogen-bond donors (Lipinski definition) is 0. The minimum atomic E-state index is -0.125. The van der Waals surface area contributed by atoms with E-state index in [-0.39, 0.29) is 5.91 Å². The molecular formula is C19H17NO2. The normalized spacial score (nSPS) is 10.5. The standard InChI is InChI=1S/C19H17NO2/c1-2-12-20(14-15-8-4-3-5-9-15)19(21)18-13-16-10-6-7-11-17(16)22-18/h2-11,13H,1,12,14H2. The molecule has 3 heteroatoms. The van der Waals surface area contributed by atoms with Crippen LogP contribution in [0.4, 0.5) is 0 Å². The smallest absolute Gasteiger partial charge is 0.290 e. The topological polar surface area (TPSA) is 33.5 Å².